The van der Waals surface area contributed by atoms with Gasteiger partial charge in [0.15, 0.2) is 0 Å². The molecule has 5 atom stereocenters. The van der Waals surface area contributed by atoms with Gasteiger partial charge in [-0.2, -0.15) is 0 Å². The first-order chi connectivity index (χ1) is 6.57. The van der Waals surface area contributed by atoms with Crippen molar-refractivity contribution in [3.8, 4) is 0 Å². The standard InChI is InChI=1S/C7H13N3O4/c1-3-5(11)7(13)6(12)4(14-3)2-9-10-8/h3-7,11-13H,2H2,1H3/t3-,4+,5?,6?,7?/m0/s1. The first kappa shape index (κ1) is 11.2. The maximum atomic E-state index is 9.43. The van der Waals surface area contributed by atoms with Crippen LogP contribution in [0.3, 0.4) is 0 Å². The molecule has 0 spiro atoms. The monoisotopic (exact) mass is 203 g/mol. The largest absolute Gasteiger partial charge is 0.388 e. The molecule has 0 radical (unpaired) electrons. The van der Waals surface area contributed by atoms with E-state index in [-0.39, 0.29) is 6.54 Å². The highest BCUT2D eigenvalue weighted by atomic mass is 16.5. The molecule has 0 amide bonds. The second-order valence-corrected chi connectivity index (χ2v) is 3.26. The summed E-state index contributed by atoms with van der Waals surface area (Å²) in [6, 6.07) is 0. The molecule has 0 aromatic heterocycles. The normalized spacial score (nSPS) is 43.0. The maximum absolute atomic E-state index is 9.43. The number of aliphatic hydroxyl groups is 3. The molecule has 0 saturated carbocycles. The van der Waals surface area contributed by atoms with Crippen LogP contribution in [0.25, 0.3) is 10.4 Å². The number of hydrogen-bond acceptors (Lipinski definition) is 5. The van der Waals surface area contributed by atoms with Crippen molar-refractivity contribution in [1.82, 2.24) is 0 Å². The van der Waals surface area contributed by atoms with E-state index in [1.807, 2.05) is 0 Å². The van der Waals surface area contributed by atoms with Crippen LogP contribution in [0.1, 0.15) is 6.92 Å². The molecule has 1 saturated heterocycles. The minimum atomic E-state index is -1.27. The third-order valence-corrected chi connectivity index (χ3v) is 2.28. The van der Waals surface area contributed by atoms with Crippen molar-refractivity contribution in [2.75, 3.05) is 6.54 Å². The molecular weight excluding hydrogens is 190 g/mol. The highest BCUT2D eigenvalue weighted by molar-refractivity contribution is 4.91. The minimum Gasteiger partial charge on any atom is -0.388 e. The van der Waals surface area contributed by atoms with Gasteiger partial charge >= 0.3 is 0 Å². The highest BCUT2D eigenvalue weighted by Crippen LogP contribution is 2.20. The molecule has 1 aliphatic heterocycles. The fraction of sp³-hybridized carbons (Fsp3) is 1.00. The number of azide groups is 1. The predicted molar refractivity (Wildman–Crippen MR) is 46.4 cm³/mol. The Labute approximate surface area is 80.6 Å². The van der Waals surface area contributed by atoms with Crippen molar-refractivity contribution in [3.63, 3.8) is 0 Å². The predicted octanol–water partition coefficient (Wildman–Crippen LogP) is -0.833. The Morgan fingerprint density at radius 3 is 2.50 bits per heavy atom. The van der Waals surface area contributed by atoms with Gasteiger partial charge < -0.3 is 20.1 Å². The molecule has 3 N–H and O–H groups in total. The lowest BCUT2D eigenvalue weighted by Crippen LogP contribution is -2.57. The molecule has 80 valence electrons. The molecule has 0 bridgehead atoms. The van der Waals surface area contributed by atoms with E-state index in [1.54, 1.807) is 6.92 Å². The molecule has 1 heterocycles. The Hall–Kier alpha value is -0.850. The molecule has 14 heavy (non-hydrogen) atoms. The fourth-order valence-corrected chi connectivity index (χ4v) is 1.40. The smallest absolute Gasteiger partial charge is 0.111 e. The van der Waals surface area contributed by atoms with Gasteiger partial charge in [-0.25, -0.2) is 0 Å². The maximum Gasteiger partial charge on any atom is 0.111 e. The molecule has 1 aliphatic rings. The van der Waals surface area contributed by atoms with E-state index in [0.29, 0.717) is 0 Å². The topological polar surface area (TPSA) is 119 Å². The molecule has 0 aromatic carbocycles. The van der Waals surface area contributed by atoms with E-state index in [9.17, 15) is 15.3 Å². The van der Waals surface area contributed by atoms with Crippen LogP contribution in [-0.4, -0.2) is 52.4 Å². The SMILES string of the molecule is C[C@@H]1O[C@H](CN=[N+]=[N-])C(O)C(O)C1O. The van der Waals surface area contributed by atoms with Gasteiger partial charge in [0.05, 0.1) is 18.8 Å². The molecule has 1 rings (SSSR count). The van der Waals surface area contributed by atoms with Crippen LogP contribution in [0.15, 0.2) is 5.11 Å². The van der Waals surface area contributed by atoms with Crippen molar-refractivity contribution >= 4 is 0 Å². The fourth-order valence-electron chi connectivity index (χ4n) is 1.40. The van der Waals surface area contributed by atoms with Gasteiger partial charge in [0.2, 0.25) is 0 Å². The van der Waals surface area contributed by atoms with Crippen LogP contribution in [-0.2, 0) is 4.74 Å². The van der Waals surface area contributed by atoms with E-state index in [0.717, 1.165) is 0 Å². The van der Waals surface area contributed by atoms with Gasteiger partial charge in [-0.05, 0) is 12.5 Å². The van der Waals surface area contributed by atoms with Gasteiger partial charge in [0.1, 0.15) is 18.3 Å². The van der Waals surface area contributed by atoms with Crippen LogP contribution in [0.2, 0.25) is 0 Å². The number of hydrogen-bond donors (Lipinski definition) is 3. The second kappa shape index (κ2) is 4.59. The van der Waals surface area contributed by atoms with Gasteiger partial charge in [-0.1, -0.05) is 5.11 Å². The molecule has 0 aliphatic carbocycles. The number of rotatable bonds is 2. The van der Waals surface area contributed by atoms with Crippen LogP contribution < -0.4 is 0 Å². The number of ether oxygens (including phenoxy) is 1. The first-order valence-electron chi connectivity index (χ1n) is 4.28. The second-order valence-electron chi connectivity index (χ2n) is 3.26. The van der Waals surface area contributed by atoms with Crippen LogP contribution >= 0.6 is 0 Å². The van der Waals surface area contributed by atoms with Gasteiger partial charge in [-0.15, -0.1) is 0 Å². The lowest BCUT2D eigenvalue weighted by molar-refractivity contribution is -0.213. The summed E-state index contributed by atoms with van der Waals surface area (Å²) in [5.74, 6) is 0. The molecular formula is C7H13N3O4. The Kier molecular flexibility index (Phi) is 3.68. The van der Waals surface area contributed by atoms with E-state index < -0.39 is 30.5 Å². The van der Waals surface area contributed by atoms with E-state index in [1.165, 1.54) is 0 Å². The summed E-state index contributed by atoms with van der Waals surface area (Å²) < 4.78 is 5.16. The van der Waals surface area contributed by atoms with Crippen molar-refractivity contribution in [2.24, 2.45) is 5.11 Å². The summed E-state index contributed by atoms with van der Waals surface area (Å²) in [6.07, 6.45) is -4.97. The minimum absolute atomic E-state index is 0.0637. The Morgan fingerprint density at radius 1 is 1.29 bits per heavy atom. The third kappa shape index (κ3) is 2.14. The number of aliphatic hydroxyl groups excluding tert-OH is 3. The zero-order valence-electron chi connectivity index (χ0n) is 7.69. The summed E-state index contributed by atoms with van der Waals surface area (Å²) in [5.41, 5.74) is 8.08. The molecule has 7 nitrogen and oxygen atoms in total. The Balaban J connectivity index is 2.64. The van der Waals surface area contributed by atoms with Crippen LogP contribution in [0, 0.1) is 0 Å². The third-order valence-electron chi connectivity index (χ3n) is 2.28. The quantitative estimate of drug-likeness (QED) is 0.308. The average Bonchev–Trinajstić information content (AvgIpc) is 2.18. The zero-order chi connectivity index (χ0) is 10.7. The zero-order valence-corrected chi connectivity index (χ0v) is 7.69. The molecule has 0 aromatic rings. The summed E-state index contributed by atoms with van der Waals surface area (Å²) in [5, 5.41) is 31.4. The first-order valence-corrected chi connectivity index (χ1v) is 4.28. The van der Waals surface area contributed by atoms with E-state index in [2.05, 4.69) is 10.0 Å². The molecule has 7 heteroatoms. The van der Waals surface area contributed by atoms with Gasteiger partial charge in [0, 0.05) is 4.91 Å². The molecule has 1 fully saturated rings. The van der Waals surface area contributed by atoms with Crippen LogP contribution in [0.5, 0.6) is 0 Å². The van der Waals surface area contributed by atoms with Crippen molar-refractivity contribution < 1.29 is 20.1 Å². The van der Waals surface area contributed by atoms with Crippen molar-refractivity contribution in [3.05, 3.63) is 10.4 Å². The Morgan fingerprint density at radius 2 is 1.93 bits per heavy atom. The van der Waals surface area contributed by atoms with Gasteiger partial charge in [-0.3, -0.25) is 0 Å². The Bertz CT molecular complexity index is 243. The van der Waals surface area contributed by atoms with E-state index >= 15 is 0 Å². The van der Waals surface area contributed by atoms with Crippen LogP contribution in [0.4, 0.5) is 0 Å². The van der Waals surface area contributed by atoms with Crippen molar-refractivity contribution in [2.45, 2.75) is 37.4 Å². The highest BCUT2D eigenvalue weighted by Gasteiger charge is 2.41. The average molecular weight is 203 g/mol. The van der Waals surface area contributed by atoms with Crippen molar-refractivity contribution in [1.29, 1.82) is 0 Å². The lowest BCUT2D eigenvalue weighted by Gasteiger charge is -2.38. The summed E-state index contributed by atoms with van der Waals surface area (Å²) in [4.78, 5) is 2.52. The summed E-state index contributed by atoms with van der Waals surface area (Å²) in [7, 11) is 0. The number of nitrogens with zero attached hydrogens (tertiary/aromatic N) is 3. The van der Waals surface area contributed by atoms with Gasteiger partial charge in [0.25, 0.3) is 0 Å². The van der Waals surface area contributed by atoms with E-state index in [4.69, 9.17) is 10.3 Å². The lowest BCUT2D eigenvalue weighted by atomic mass is 9.96. The summed E-state index contributed by atoms with van der Waals surface area (Å²) in [6.45, 7) is 1.51. The summed E-state index contributed by atoms with van der Waals surface area (Å²) >= 11 is 0. The molecule has 3 unspecified atom stereocenters.